The van der Waals surface area contributed by atoms with E-state index in [2.05, 4.69) is 20.4 Å². The molecule has 0 unspecified atom stereocenters. The van der Waals surface area contributed by atoms with Crippen LogP contribution in [0.4, 0.5) is 0 Å². The first-order chi connectivity index (χ1) is 10.7. The topological polar surface area (TPSA) is 83.7 Å². The normalized spacial score (nSPS) is 10.6. The van der Waals surface area contributed by atoms with E-state index in [1.165, 1.54) is 0 Å². The van der Waals surface area contributed by atoms with Crippen LogP contribution in [0.15, 0.2) is 36.5 Å². The van der Waals surface area contributed by atoms with Gasteiger partial charge in [-0.3, -0.25) is 0 Å². The van der Waals surface area contributed by atoms with Gasteiger partial charge in [-0.1, -0.05) is 23.7 Å². The van der Waals surface area contributed by atoms with Crippen molar-refractivity contribution in [1.82, 2.24) is 20.4 Å². The van der Waals surface area contributed by atoms with Gasteiger partial charge in [0.1, 0.15) is 17.1 Å². The molecule has 2 N–H and O–H groups in total. The third kappa shape index (κ3) is 2.73. The fourth-order valence-electron chi connectivity index (χ4n) is 2.13. The van der Waals surface area contributed by atoms with E-state index in [1.807, 2.05) is 18.2 Å². The van der Waals surface area contributed by atoms with Crippen molar-refractivity contribution in [3.63, 3.8) is 0 Å². The number of benzene rings is 1. The van der Waals surface area contributed by atoms with Crippen LogP contribution in [-0.4, -0.2) is 33.0 Å². The van der Waals surface area contributed by atoms with Crippen molar-refractivity contribution < 1.29 is 9.53 Å². The first kappa shape index (κ1) is 14.3. The predicted octanol–water partition coefficient (Wildman–Crippen LogP) is 3.30. The van der Waals surface area contributed by atoms with Crippen LogP contribution in [0.2, 0.25) is 5.02 Å². The zero-order valence-corrected chi connectivity index (χ0v) is 12.5. The van der Waals surface area contributed by atoms with Crippen molar-refractivity contribution in [1.29, 1.82) is 0 Å². The summed E-state index contributed by atoms with van der Waals surface area (Å²) in [6.45, 7) is 2.08. The molecule has 0 fully saturated rings. The molecule has 0 aliphatic rings. The second-order valence-electron chi connectivity index (χ2n) is 4.55. The minimum atomic E-state index is -0.401. The van der Waals surface area contributed by atoms with Crippen LogP contribution < -0.4 is 0 Å². The van der Waals surface area contributed by atoms with Crippen LogP contribution in [0.5, 0.6) is 0 Å². The van der Waals surface area contributed by atoms with Crippen LogP contribution in [0.1, 0.15) is 17.4 Å². The molecule has 0 amide bonds. The van der Waals surface area contributed by atoms with Crippen molar-refractivity contribution in [3.05, 3.63) is 47.2 Å². The van der Waals surface area contributed by atoms with Gasteiger partial charge in [0, 0.05) is 22.3 Å². The fourth-order valence-corrected chi connectivity index (χ4v) is 2.32. The minimum Gasteiger partial charge on any atom is -0.461 e. The molecule has 0 saturated carbocycles. The van der Waals surface area contributed by atoms with Crippen LogP contribution >= 0.6 is 11.6 Å². The van der Waals surface area contributed by atoms with Gasteiger partial charge in [-0.2, -0.15) is 15.4 Å². The maximum absolute atomic E-state index is 11.7. The first-order valence-electron chi connectivity index (χ1n) is 6.71. The summed E-state index contributed by atoms with van der Waals surface area (Å²) >= 11 is 6.01. The number of aromatic amines is 2. The summed E-state index contributed by atoms with van der Waals surface area (Å²) in [4.78, 5) is 14.6. The highest BCUT2D eigenvalue weighted by molar-refractivity contribution is 6.30. The van der Waals surface area contributed by atoms with Gasteiger partial charge in [-0.05, 0) is 25.1 Å². The number of carbonyl (C=O) groups excluding carboxylic acids is 1. The number of nitrogens with one attached hydrogen (secondary N) is 2. The Balaban J connectivity index is 1.97. The van der Waals surface area contributed by atoms with E-state index in [0.717, 1.165) is 11.1 Å². The third-order valence-corrected chi connectivity index (χ3v) is 3.33. The van der Waals surface area contributed by atoms with Gasteiger partial charge in [0.2, 0.25) is 0 Å². The Bertz CT molecular complexity index is 809. The Hall–Kier alpha value is -2.60. The zero-order chi connectivity index (χ0) is 15.5. The van der Waals surface area contributed by atoms with Crippen molar-refractivity contribution in [3.8, 4) is 22.5 Å². The molecule has 0 aliphatic heterocycles. The van der Waals surface area contributed by atoms with Crippen LogP contribution in [0, 0.1) is 0 Å². The SMILES string of the molecule is CCOC(=O)c1cc(-c2n[nH]nc2-c2cccc(Cl)c2)c[nH]1. The molecule has 2 aromatic heterocycles. The van der Waals surface area contributed by atoms with Gasteiger partial charge in [0.15, 0.2) is 0 Å². The van der Waals surface area contributed by atoms with Gasteiger partial charge in [0.25, 0.3) is 0 Å². The van der Waals surface area contributed by atoms with Crippen molar-refractivity contribution in [2.75, 3.05) is 6.61 Å². The highest BCUT2D eigenvalue weighted by Gasteiger charge is 2.16. The van der Waals surface area contributed by atoms with E-state index in [-0.39, 0.29) is 0 Å². The van der Waals surface area contributed by atoms with Gasteiger partial charge < -0.3 is 9.72 Å². The summed E-state index contributed by atoms with van der Waals surface area (Å²) in [6.07, 6.45) is 1.69. The van der Waals surface area contributed by atoms with Crippen molar-refractivity contribution in [2.45, 2.75) is 6.92 Å². The van der Waals surface area contributed by atoms with E-state index < -0.39 is 5.97 Å². The smallest absolute Gasteiger partial charge is 0.354 e. The molecular weight excluding hydrogens is 304 g/mol. The molecule has 1 aromatic carbocycles. The summed E-state index contributed by atoms with van der Waals surface area (Å²) in [7, 11) is 0. The van der Waals surface area contributed by atoms with Gasteiger partial charge in [0.05, 0.1) is 6.61 Å². The van der Waals surface area contributed by atoms with E-state index >= 15 is 0 Å². The Morgan fingerprint density at radius 3 is 2.73 bits per heavy atom. The maximum Gasteiger partial charge on any atom is 0.354 e. The van der Waals surface area contributed by atoms with Crippen LogP contribution in [0.3, 0.4) is 0 Å². The standard InChI is InChI=1S/C15H13ClN4O2/c1-2-22-15(21)12-7-10(8-17-12)14-13(18-20-19-14)9-4-3-5-11(16)6-9/h3-8,17H,2H2,1H3,(H,18,19,20). The molecule has 0 atom stereocenters. The van der Waals surface area contributed by atoms with E-state index in [9.17, 15) is 4.79 Å². The zero-order valence-electron chi connectivity index (χ0n) is 11.8. The Morgan fingerprint density at radius 1 is 1.23 bits per heavy atom. The largest absolute Gasteiger partial charge is 0.461 e. The number of nitrogens with zero attached hydrogens (tertiary/aromatic N) is 2. The van der Waals surface area contributed by atoms with E-state index in [1.54, 1.807) is 25.3 Å². The number of hydrogen-bond acceptors (Lipinski definition) is 4. The molecule has 3 aromatic rings. The first-order valence-corrected chi connectivity index (χ1v) is 7.09. The summed E-state index contributed by atoms with van der Waals surface area (Å²) < 4.78 is 4.96. The number of H-pyrrole nitrogens is 2. The average molecular weight is 317 g/mol. The molecule has 0 aliphatic carbocycles. The second kappa shape index (κ2) is 6.03. The van der Waals surface area contributed by atoms with Crippen LogP contribution in [-0.2, 0) is 4.74 Å². The maximum atomic E-state index is 11.7. The fraction of sp³-hybridized carbons (Fsp3) is 0.133. The molecular formula is C15H13ClN4O2. The Morgan fingerprint density at radius 2 is 2.00 bits per heavy atom. The Labute approximate surface area is 131 Å². The number of esters is 1. The molecule has 112 valence electrons. The predicted molar refractivity (Wildman–Crippen MR) is 82.6 cm³/mol. The van der Waals surface area contributed by atoms with Gasteiger partial charge >= 0.3 is 5.97 Å². The number of hydrogen-bond donors (Lipinski definition) is 2. The summed E-state index contributed by atoms with van der Waals surface area (Å²) in [5.74, 6) is -0.401. The number of ether oxygens (including phenoxy) is 1. The number of carbonyl (C=O) groups is 1. The van der Waals surface area contributed by atoms with Gasteiger partial charge in [-0.25, -0.2) is 4.79 Å². The van der Waals surface area contributed by atoms with Crippen molar-refractivity contribution >= 4 is 17.6 Å². The summed E-state index contributed by atoms with van der Waals surface area (Å²) in [6, 6.07) is 9.02. The molecule has 0 radical (unpaired) electrons. The lowest BCUT2D eigenvalue weighted by Gasteiger charge is -2.00. The Kier molecular flexibility index (Phi) is 3.93. The van der Waals surface area contributed by atoms with E-state index in [0.29, 0.717) is 28.7 Å². The molecule has 0 bridgehead atoms. The number of rotatable bonds is 4. The van der Waals surface area contributed by atoms with E-state index in [4.69, 9.17) is 16.3 Å². The quantitative estimate of drug-likeness (QED) is 0.723. The molecule has 22 heavy (non-hydrogen) atoms. The average Bonchev–Trinajstić information content (AvgIpc) is 3.16. The van der Waals surface area contributed by atoms with Crippen molar-refractivity contribution in [2.24, 2.45) is 0 Å². The number of halogens is 1. The third-order valence-electron chi connectivity index (χ3n) is 3.10. The number of aromatic nitrogens is 4. The summed E-state index contributed by atoms with van der Waals surface area (Å²) in [5, 5.41) is 11.6. The molecule has 0 saturated heterocycles. The lowest BCUT2D eigenvalue weighted by Crippen LogP contribution is -2.04. The molecule has 2 heterocycles. The highest BCUT2D eigenvalue weighted by atomic mass is 35.5. The molecule has 0 spiro atoms. The molecule has 6 nitrogen and oxygen atoms in total. The lowest BCUT2D eigenvalue weighted by molar-refractivity contribution is 0.0520. The highest BCUT2D eigenvalue weighted by Crippen LogP contribution is 2.30. The summed E-state index contributed by atoms with van der Waals surface area (Å²) in [5.41, 5.74) is 3.25. The molecule has 3 rings (SSSR count). The lowest BCUT2D eigenvalue weighted by atomic mass is 10.1. The monoisotopic (exact) mass is 316 g/mol. The minimum absolute atomic E-state index is 0.324. The molecule has 7 heteroatoms. The van der Waals surface area contributed by atoms with Gasteiger partial charge in [-0.15, -0.1) is 0 Å². The second-order valence-corrected chi connectivity index (χ2v) is 4.99. The van der Waals surface area contributed by atoms with Crippen LogP contribution in [0.25, 0.3) is 22.5 Å².